The zero-order chi connectivity index (χ0) is 18.6. The molecule has 0 saturated heterocycles. The van der Waals surface area contributed by atoms with Crippen molar-refractivity contribution in [1.82, 2.24) is 25.2 Å². The monoisotopic (exact) mass is 366 g/mol. The van der Waals surface area contributed by atoms with E-state index >= 15 is 0 Å². The van der Waals surface area contributed by atoms with E-state index in [1.54, 1.807) is 6.20 Å². The normalized spacial score (nSPS) is 15.8. The van der Waals surface area contributed by atoms with Crippen LogP contribution in [0.15, 0.2) is 41.1 Å². The average Bonchev–Trinajstić information content (AvgIpc) is 3.29. The van der Waals surface area contributed by atoms with Gasteiger partial charge in [0, 0.05) is 25.6 Å². The van der Waals surface area contributed by atoms with E-state index < -0.39 is 0 Å². The Hall–Kier alpha value is -3.16. The molecule has 1 aliphatic rings. The van der Waals surface area contributed by atoms with Crippen LogP contribution in [0.4, 0.5) is 5.82 Å². The van der Waals surface area contributed by atoms with Crippen LogP contribution < -0.4 is 10.6 Å². The quantitative estimate of drug-likeness (QED) is 0.693. The lowest BCUT2D eigenvalue weighted by atomic mass is 10.1. The Kier molecular flexibility index (Phi) is 4.86. The molecule has 2 N–H and O–H groups in total. The van der Waals surface area contributed by atoms with Gasteiger partial charge >= 0.3 is 0 Å². The first-order chi connectivity index (χ1) is 13.2. The summed E-state index contributed by atoms with van der Waals surface area (Å²) in [5, 5.41) is 14.7. The number of nitrogens with one attached hydrogen (secondary N) is 2. The van der Waals surface area contributed by atoms with Crippen LogP contribution >= 0.6 is 0 Å². The van der Waals surface area contributed by atoms with Gasteiger partial charge in [-0.05, 0) is 18.9 Å². The average molecular weight is 366 g/mol. The number of aromatic nitrogens is 4. The fraction of sp³-hybridized carbons (Fsp3) is 0.368. The van der Waals surface area contributed by atoms with E-state index in [1.807, 2.05) is 35.0 Å². The molecule has 1 amide bonds. The number of aryl methyl sites for hydroxylation is 1. The van der Waals surface area contributed by atoms with Crippen molar-refractivity contribution in [3.8, 4) is 11.4 Å². The first kappa shape index (κ1) is 17.3. The van der Waals surface area contributed by atoms with Crippen LogP contribution in [0.5, 0.6) is 0 Å². The molecular weight excluding hydrogens is 344 g/mol. The van der Waals surface area contributed by atoms with Gasteiger partial charge in [0.1, 0.15) is 5.82 Å². The van der Waals surface area contributed by atoms with Crippen molar-refractivity contribution >= 4 is 11.7 Å². The topological polar surface area (TPSA) is 97.9 Å². The van der Waals surface area contributed by atoms with E-state index in [2.05, 4.69) is 32.8 Å². The number of carbonyl (C=O) groups is 1. The van der Waals surface area contributed by atoms with Gasteiger partial charge in [0.25, 0.3) is 0 Å². The third-order valence-electron chi connectivity index (χ3n) is 4.57. The van der Waals surface area contributed by atoms with E-state index in [1.165, 1.54) is 0 Å². The second kappa shape index (κ2) is 7.61. The fourth-order valence-electron chi connectivity index (χ4n) is 3.11. The number of fused-ring (bicyclic) bond motifs is 1. The van der Waals surface area contributed by atoms with Crippen molar-refractivity contribution in [1.29, 1.82) is 0 Å². The van der Waals surface area contributed by atoms with Crippen molar-refractivity contribution in [3.05, 3.63) is 48.0 Å². The minimum atomic E-state index is -0.0233. The summed E-state index contributed by atoms with van der Waals surface area (Å²) in [7, 11) is 0. The molecule has 0 saturated carbocycles. The molecule has 3 aromatic rings. The van der Waals surface area contributed by atoms with Gasteiger partial charge in [-0.2, -0.15) is 10.1 Å². The largest absolute Gasteiger partial charge is 0.367 e. The van der Waals surface area contributed by atoms with E-state index in [0.29, 0.717) is 37.1 Å². The molecule has 27 heavy (non-hydrogen) atoms. The van der Waals surface area contributed by atoms with Gasteiger partial charge in [-0.25, -0.2) is 4.68 Å². The fourth-order valence-corrected chi connectivity index (χ4v) is 3.11. The predicted molar refractivity (Wildman–Crippen MR) is 100 cm³/mol. The SMILES string of the molecule is CC1CCn2ncc(-c3noc(CCNC(=O)Cc4ccccc4)n3)c2N1. The van der Waals surface area contributed by atoms with Gasteiger partial charge in [0.05, 0.1) is 18.2 Å². The highest BCUT2D eigenvalue weighted by atomic mass is 16.5. The maximum Gasteiger partial charge on any atom is 0.228 e. The molecular formula is C19H22N6O2. The summed E-state index contributed by atoms with van der Waals surface area (Å²) in [5.41, 5.74) is 1.83. The molecule has 2 aromatic heterocycles. The molecule has 1 aliphatic heterocycles. The zero-order valence-electron chi connectivity index (χ0n) is 15.2. The Balaban J connectivity index is 1.33. The first-order valence-corrected chi connectivity index (χ1v) is 9.15. The van der Waals surface area contributed by atoms with E-state index in [0.717, 1.165) is 29.9 Å². The van der Waals surface area contributed by atoms with Gasteiger partial charge in [-0.15, -0.1) is 0 Å². The molecule has 8 nitrogen and oxygen atoms in total. The molecule has 1 aromatic carbocycles. The highest BCUT2D eigenvalue weighted by Crippen LogP contribution is 2.29. The number of rotatable bonds is 6. The first-order valence-electron chi connectivity index (χ1n) is 9.15. The van der Waals surface area contributed by atoms with Crippen molar-refractivity contribution < 1.29 is 9.32 Å². The molecule has 0 bridgehead atoms. The highest BCUT2D eigenvalue weighted by molar-refractivity contribution is 5.78. The van der Waals surface area contributed by atoms with Crippen LogP contribution in [0.3, 0.4) is 0 Å². The molecule has 140 valence electrons. The number of nitrogens with zero attached hydrogens (tertiary/aromatic N) is 4. The second-order valence-electron chi connectivity index (χ2n) is 6.74. The molecule has 0 radical (unpaired) electrons. The smallest absolute Gasteiger partial charge is 0.228 e. The number of carbonyl (C=O) groups excluding carboxylic acids is 1. The second-order valence-corrected chi connectivity index (χ2v) is 6.74. The third kappa shape index (κ3) is 3.99. The summed E-state index contributed by atoms with van der Waals surface area (Å²) in [6.45, 7) is 3.47. The summed E-state index contributed by atoms with van der Waals surface area (Å²) >= 11 is 0. The maximum atomic E-state index is 12.0. The molecule has 1 unspecified atom stereocenters. The Morgan fingerprint density at radius 3 is 3.07 bits per heavy atom. The lowest BCUT2D eigenvalue weighted by Crippen LogP contribution is -2.27. The van der Waals surface area contributed by atoms with Crippen molar-refractivity contribution in [3.63, 3.8) is 0 Å². The van der Waals surface area contributed by atoms with Gasteiger partial charge in [-0.1, -0.05) is 35.5 Å². The summed E-state index contributed by atoms with van der Waals surface area (Å²) in [6, 6.07) is 10.0. The summed E-state index contributed by atoms with van der Waals surface area (Å²) in [4.78, 5) is 16.4. The summed E-state index contributed by atoms with van der Waals surface area (Å²) in [6.07, 6.45) is 3.65. The number of anilines is 1. The summed E-state index contributed by atoms with van der Waals surface area (Å²) in [5.74, 6) is 1.92. The van der Waals surface area contributed by atoms with Crippen LogP contribution in [-0.4, -0.2) is 38.4 Å². The molecule has 0 fully saturated rings. The van der Waals surface area contributed by atoms with E-state index in [-0.39, 0.29) is 5.91 Å². The summed E-state index contributed by atoms with van der Waals surface area (Å²) < 4.78 is 7.25. The minimum Gasteiger partial charge on any atom is -0.367 e. The third-order valence-corrected chi connectivity index (χ3v) is 4.57. The zero-order valence-corrected chi connectivity index (χ0v) is 15.2. The van der Waals surface area contributed by atoms with Crippen molar-refractivity contribution in [2.45, 2.75) is 38.8 Å². The van der Waals surface area contributed by atoms with Crippen LogP contribution in [0, 0.1) is 0 Å². The Bertz CT molecular complexity index is 917. The van der Waals surface area contributed by atoms with Gasteiger partial charge in [0.15, 0.2) is 0 Å². The van der Waals surface area contributed by atoms with E-state index in [4.69, 9.17) is 4.52 Å². The van der Waals surface area contributed by atoms with Crippen molar-refractivity contribution in [2.75, 3.05) is 11.9 Å². The Morgan fingerprint density at radius 2 is 2.22 bits per heavy atom. The highest BCUT2D eigenvalue weighted by Gasteiger charge is 2.22. The van der Waals surface area contributed by atoms with Crippen LogP contribution in [0.1, 0.15) is 24.8 Å². The van der Waals surface area contributed by atoms with Gasteiger partial charge in [-0.3, -0.25) is 4.79 Å². The number of amides is 1. The van der Waals surface area contributed by atoms with Crippen molar-refractivity contribution in [2.24, 2.45) is 0 Å². The number of hydrogen-bond acceptors (Lipinski definition) is 6. The minimum absolute atomic E-state index is 0.0233. The Morgan fingerprint density at radius 1 is 1.37 bits per heavy atom. The van der Waals surface area contributed by atoms with Gasteiger partial charge in [0.2, 0.25) is 17.6 Å². The standard InChI is InChI=1S/C19H22N6O2/c1-13-8-10-25-19(22-13)15(12-21-25)18-23-17(27-24-18)7-9-20-16(26)11-14-5-3-2-4-6-14/h2-6,12-13,22H,7-11H2,1H3,(H,20,26). The lowest BCUT2D eigenvalue weighted by Gasteiger charge is -2.22. The number of hydrogen-bond donors (Lipinski definition) is 2. The van der Waals surface area contributed by atoms with Crippen LogP contribution in [-0.2, 0) is 24.2 Å². The number of benzene rings is 1. The maximum absolute atomic E-state index is 12.0. The molecule has 4 rings (SSSR count). The van der Waals surface area contributed by atoms with E-state index in [9.17, 15) is 4.79 Å². The molecule has 3 heterocycles. The lowest BCUT2D eigenvalue weighted by molar-refractivity contribution is -0.120. The molecule has 0 aliphatic carbocycles. The van der Waals surface area contributed by atoms with Crippen LogP contribution in [0.25, 0.3) is 11.4 Å². The van der Waals surface area contributed by atoms with Gasteiger partial charge < -0.3 is 15.2 Å². The predicted octanol–water partition coefficient (Wildman–Crippen LogP) is 2.04. The molecule has 1 atom stereocenters. The van der Waals surface area contributed by atoms with Crippen LogP contribution in [0.2, 0.25) is 0 Å². The molecule has 8 heteroatoms. The Labute approximate surface area is 157 Å². The molecule has 0 spiro atoms.